The van der Waals surface area contributed by atoms with Crippen LogP contribution in [0.4, 0.5) is 5.82 Å². The third-order valence-corrected chi connectivity index (χ3v) is 3.58. The van der Waals surface area contributed by atoms with Crippen LogP contribution in [0.25, 0.3) is 5.82 Å². The Balaban J connectivity index is 1.84. The number of phenolic OH excluding ortho intramolecular Hbond substituents is 1. The maximum absolute atomic E-state index is 9.59. The first-order chi connectivity index (χ1) is 11.0. The lowest BCUT2D eigenvalue weighted by Gasteiger charge is -2.15. The zero-order valence-electron chi connectivity index (χ0n) is 13.4. The molecule has 0 aliphatic carbocycles. The van der Waals surface area contributed by atoms with E-state index in [9.17, 15) is 5.11 Å². The number of benzene rings is 1. The Hall–Kier alpha value is -2.89. The predicted octanol–water partition coefficient (Wildman–Crippen LogP) is 3.16. The number of nitrogens with zero attached hydrogens (tertiary/aromatic N) is 4. The molecule has 0 radical (unpaired) electrons. The monoisotopic (exact) mass is 309 g/mol. The van der Waals surface area contributed by atoms with Crippen LogP contribution in [-0.4, -0.2) is 24.9 Å². The minimum absolute atomic E-state index is 0.00731. The second kappa shape index (κ2) is 6.08. The second-order valence-corrected chi connectivity index (χ2v) is 5.56. The minimum atomic E-state index is -0.00731. The third kappa shape index (κ3) is 3.31. The number of hydrogen-bond donors (Lipinski definition) is 2. The number of phenols is 1. The van der Waals surface area contributed by atoms with Crippen LogP contribution in [0, 0.1) is 13.8 Å². The van der Waals surface area contributed by atoms with Gasteiger partial charge in [-0.2, -0.15) is 5.10 Å². The maximum Gasteiger partial charge on any atom is 0.174 e. The number of rotatable bonds is 4. The van der Waals surface area contributed by atoms with E-state index in [4.69, 9.17) is 0 Å². The fraction of sp³-hybridized carbons (Fsp3) is 0.235. The molecule has 0 amide bonds. The van der Waals surface area contributed by atoms with E-state index in [1.54, 1.807) is 29.2 Å². The molecule has 2 aromatic heterocycles. The van der Waals surface area contributed by atoms with Gasteiger partial charge >= 0.3 is 0 Å². The molecule has 1 atom stereocenters. The first-order valence-corrected chi connectivity index (χ1v) is 7.44. The molecule has 0 fully saturated rings. The summed E-state index contributed by atoms with van der Waals surface area (Å²) < 4.78 is 1.77. The SMILES string of the molecule is Cc1cc(C)n(-c2cncc(N[C@@H](C)c3cccc(O)c3)n2)n1. The Labute approximate surface area is 134 Å². The summed E-state index contributed by atoms with van der Waals surface area (Å²) in [6.07, 6.45) is 3.36. The molecule has 6 nitrogen and oxygen atoms in total. The molecule has 3 aromatic rings. The summed E-state index contributed by atoms with van der Waals surface area (Å²) in [5.74, 6) is 1.58. The van der Waals surface area contributed by atoms with Crippen LogP contribution < -0.4 is 5.32 Å². The van der Waals surface area contributed by atoms with E-state index in [0.29, 0.717) is 11.6 Å². The number of hydrogen-bond acceptors (Lipinski definition) is 5. The summed E-state index contributed by atoms with van der Waals surface area (Å²) in [6, 6.07) is 9.15. The molecule has 6 heteroatoms. The molecule has 2 N–H and O–H groups in total. The van der Waals surface area contributed by atoms with Gasteiger partial charge in [-0.25, -0.2) is 9.67 Å². The Bertz CT molecular complexity index is 827. The second-order valence-electron chi connectivity index (χ2n) is 5.56. The van der Waals surface area contributed by atoms with Gasteiger partial charge in [-0.3, -0.25) is 4.98 Å². The number of anilines is 1. The summed E-state index contributed by atoms with van der Waals surface area (Å²) in [5, 5.41) is 17.3. The highest BCUT2D eigenvalue weighted by Crippen LogP contribution is 2.21. The summed E-state index contributed by atoms with van der Waals surface area (Å²) in [5.41, 5.74) is 2.93. The number of aromatic nitrogens is 4. The molecular weight excluding hydrogens is 290 g/mol. The Morgan fingerprint density at radius 1 is 1.17 bits per heavy atom. The lowest BCUT2D eigenvalue weighted by atomic mass is 10.1. The highest BCUT2D eigenvalue weighted by Gasteiger charge is 2.10. The molecule has 23 heavy (non-hydrogen) atoms. The van der Waals surface area contributed by atoms with E-state index >= 15 is 0 Å². The molecule has 2 heterocycles. The first-order valence-electron chi connectivity index (χ1n) is 7.44. The topological polar surface area (TPSA) is 75.9 Å². The van der Waals surface area contributed by atoms with E-state index in [1.807, 2.05) is 39.0 Å². The summed E-state index contributed by atoms with van der Waals surface area (Å²) >= 11 is 0. The van der Waals surface area contributed by atoms with Crippen molar-refractivity contribution in [3.05, 3.63) is 59.7 Å². The zero-order valence-corrected chi connectivity index (χ0v) is 13.4. The molecule has 0 aliphatic heterocycles. The molecule has 118 valence electrons. The van der Waals surface area contributed by atoms with Crippen molar-refractivity contribution >= 4 is 5.82 Å². The Kier molecular flexibility index (Phi) is 3.97. The van der Waals surface area contributed by atoms with Gasteiger partial charge < -0.3 is 10.4 Å². The summed E-state index contributed by atoms with van der Waals surface area (Å²) in [4.78, 5) is 8.81. The van der Waals surface area contributed by atoms with E-state index in [1.165, 1.54) is 0 Å². The van der Waals surface area contributed by atoms with Crippen LogP contribution >= 0.6 is 0 Å². The van der Waals surface area contributed by atoms with Crippen molar-refractivity contribution in [3.8, 4) is 11.6 Å². The fourth-order valence-electron chi connectivity index (χ4n) is 2.49. The van der Waals surface area contributed by atoms with Crippen LogP contribution in [0.2, 0.25) is 0 Å². The van der Waals surface area contributed by atoms with Crippen LogP contribution in [-0.2, 0) is 0 Å². The Morgan fingerprint density at radius 2 is 2.00 bits per heavy atom. The van der Waals surface area contributed by atoms with Gasteiger partial charge in [0.15, 0.2) is 5.82 Å². The average Bonchev–Trinajstić information content (AvgIpc) is 2.86. The van der Waals surface area contributed by atoms with Crippen molar-refractivity contribution in [1.29, 1.82) is 0 Å². The molecule has 3 rings (SSSR count). The number of nitrogens with one attached hydrogen (secondary N) is 1. The van der Waals surface area contributed by atoms with E-state index < -0.39 is 0 Å². The molecule has 1 aromatic carbocycles. The minimum Gasteiger partial charge on any atom is -0.508 e. The highest BCUT2D eigenvalue weighted by molar-refractivity contribution is 5.40. The molecule has 0 aliphatic rings. The normalized spacial score (nSPS) is 12.1. The van der Waals surface area contributed by atoms with Crippen molar-refractivity contribution in [2.75, 3.05) is 5.32 Å². The van der Waals surface area contributed by atoms with Crippen LogP contribution in [0.3, 0.4) is 0 Å². The molecule has 0 unspecified atom stereocenters. The van der Waals surface area contributed by atoms with Gasteiger partial charge in [0.2, 0.25) is 0 Å². The van der Waals surface area contributed by atoms with Gasteiger partial charge in [-0.05, 0) is 44.5 Å². The van der Waals surface area contributed by atoms with Gasteiger partial charge in [0.05, 0.1) is 24.1 Å². The van der Waals surface area contributed by atoms with E-state index in [2.05, 4.69) is 20.4 Å². The summed E-state index contributed by atoms with van der Waals surface area (Å²) in [6.45, 7) is 5.94. The lowest BCUT2D eigenvalue weighted by molar-refractivity contribution is 0.474. The van der Waals surface area contributed by atoms with Crippen molar-refractivity contribution in [3.63, 3.8) is 0 Å². The molecule has 0 saturated carbocycles. The molecule has 0 bridgehead atoms. The van der Waals surface area contributed by atoms with Crippen molar-refractivity contribution in [2.45, 2.75) is 26.8 Å². The molecular formula is C17H19N5O. The fourth-order valence-corrected chi connectivity index (χ4v) is 2.49. The van der Waals surface area contributed by atoms with Gasteiger partial charge in [0.25, 0.3) is 0 Å². The van der Waals surface area contributed by atoms with Crippen molar-refractivity contribution in [2.24, 2.45) is 0 Å². The zero-order chi connectivity index (χ0) is 16.4. The smallest absolute Gasteiger partial charge is 0.174 e. The third-order valence-electron chi connectivity index (χ3n) is 3.58. The van der Waals surface area contributed by atoms with Crippen molar-refractivity contribution in [1.82, 2.24) is 19.7 Å². The van der Waals surface area contributed by atoms with Crippen LogP contribution in [0.1, 0.15) is 29.9 Å². The predicted molar refractivity (Wildman–Crippen MR) is 88.8 cm³/mol. The standard InChI is InChI=1S/C17H19N5O/c1-11-7-12(2)22(21-11)17-10-18-9-16(20-17)19-13(3)14-5-4-6-15(23)8-14/h4-10,13,23H,1-3H3,(H,19,20)/t13-/m0/s1. The number of aryl methyl sites for hydroxylation is 2. The molecule has 0 saturated heterocycles. The lowest BCUT2D eigenvalue weighted by Crippen LogP contribution is -2.10. The first kappa shape index (κ1) is 15.0. The Morgan fingerprint density at radius 3 is 2.70 bits per heavy atom. The quantitative estimate of drug-likeness (QED) is 0.774. The van der Waals surface area contributed by atoms with Gasteiger partial charge in [-0.1, -0.05) is 12.1 Å². The average molecular weight is 309 g/mol. The maximum atomic E-state index is 9.59. The van der Waals surface area contributed by atoms with Crippen LogP contribution in [0.15, 0.2) is 42.7 Å². The largest absolute Gasteiger partial charge is 0.508 e. The van der Waals surface area contributed by atoms with E-state index in [-0.39, 0.29) is 11.8 Å². The summed E-state index contributed by atoms with van der Waals surface area (Å²) in [7, 11) is 0. The van der Waals surface area contributed by atoms with Gasteiger partial charge in [-0.15, -0.1) is 0 Å². The van der Waals surface area contributed by atoms with Crippen molar-refractivity contribution < 1.29 is 5.11 Å². The number of aromatic hydroxyl groups is 1. The highest BCUT2D eigenvalue weighted by atomic mass is 16.3. The van der Waals surface area contributed by atoms with Gasteiger partial charge in [0, 0.05) is 5.69 Å². The van der Waals surface area contributed by atoms with Gasteiger partial charge in [0.1, 0.15) is 11.6 Å². The van der Waals surface area contributed by atoms with E-state index in [0.717, 1.165) is 17.0 Å². The van der Waals surface area contributed by atoms with Crippen LogP contribution in [0.5, 0.6) is 5.75 Å². The molecule has 0 spiro atoms.